The molecule has 7 nitrogen and oxygen atoms in total. The van der Waals surface area contributed by atoms with Gasteiger partial charge in [0.25, 0.3) is 0 Å². The van der Waals surface area contributed by atoms with Crippen LogP contribution in [-0.4, -0.2) is 30.5 Å². The fraction of sp³-hybridized carbons (Fsp3) is 0.217. The lowest BCUT2D eigenvalue weighted by molar-refractivity contribution is -0.147. The second-order valence-electron chi connectivity index (χ2n) is 7.06. The van der Waals surface area contributed by atoms with Gasteiger partial charge in [-0.15, -0.1) is 0 Å². The number of carbonyl (C=O) groups excluding carboxylic acids is 1. The highest BCUT2D eigenvalue weighted by molar-refractivity contribution is 7.89. The van der Waals surface area contributed by atoms with E-state index >= 15 is 0 Å². The molecule has 0 saturated heterocycles. The Balaban J connectivity index is 1.78. The number of hydrogen-bond acceptors (Lipinski definition) is 6. The standard InChI is InChI=1S/C23H24N2O5S/c1-17-10-12-21(13-11-17)31(28,29)25-22(14-18-6-3-2-4-7-18)23(27)30-16-20-9-5-8-19(15-26)24-20/h2-13,22,25-26H,14-16H2,1H3/t22-/m0/s1. The van der Waals surface area contributed by atoms with Crippen molar-refractivity contribution in [2.24, 2.45) is 0 Å². The maximum atomic E-state index is 12.8. The van der Waals surface area contributed by atoms with Gasteiger partial charge in [0.2, 0.25) is 10.0 Å². The molecule has 0 bridgehead atoms. The second kappa shape index (κ2) is 10.3. The lowest BCUT2D eigenvalue weighted by Crippen LogP contribution is -2.43. The summed E-state index contributed by atoms with van der Waals surface area (Å²) in [6.07, 6.45) is 0.134. The van der Waals surface area contributed by atoms with Crippen molar-refractivity contribution in [3.05, 3.63) is 95.3 Å². The molecule has 0 saturated carbocycles. The molecule has 1 aromatic heterocycles. The minimum Gasteiger partial charge on any atom is -0.458 e. The summed E-state index contributed by atoms with van der Waals surface area (Å²) < 4.78 is 33.5. The largest absolute Gasteiger partial charge is 0.458 e. The van der Waals surface area contributed by atoms with Crippen LogP contribution in [0, 0.1) is 6.92 Å². The monoisotopic (exact) mass is 440 g/mol. The van der Waals surface area contributed by atoms with E-state index in [1.807, 2.05) is 37.3 Å². The van der Waals surface area contributed by atoms with Gasteiger partial charge in [0.15, 0.2) is 0 Å². The van der Waals surface area contributed by atoms with E-state index in [1.54, 1.807) is 30.3 Å². The van der Waals surface area contributed by atoms with Gasteiger partial charge in [0, 0.05) is 0 Å². The summed E-state index contributed by atoms with van der Waals surface area (Å²) in [5.74, 6) is -0.712. The first-order chi connectivity index (χ1) is 14.9. The fourth-order valence-electron chi connectivity index (χ4n) is 2.94. The number of nitrogens with one attached hydrogen (secondary N) is 1. The number of pyridine rings is 1. The zero-order valence-electron chi connectivity index (χ0n) is 17.1. The number of aromatic nitrogens is 1. The highest BCUT2D eigenvalue weighted by atomic mass is 32.2. The van der Waals surface area contributed by atoms with Crippen LogP contribution in [0.1, 0.15) is 22.5 Å². The quantitative estimate of drug-likeness (QED) is 0.496. The molecule has 8 heteroatoms. The second-order valence-corrected chi connectivity index (χ2v) is 8.78. The van der Waals surface area contributed by atoms with Crippen LogP contribution in [0.15, 0.2) is 77.7 Å². The Morgan fingerprint density at radius 3 is 2.35 bits per heavy atom. The summed E-state index contributed by atoms with van der Waals surface area (Å²) >= 11 is 0. The molecular weight excluding hydrogens is 416 g/mol. The van der Waals surface area contributed by atoms with E-state index in [9.17, 15) is 18.3 Å². The van der Waals surface area contributed by atoms with E-state index in [2.05, 4.69) is 9.71 Å². The van der Waals surface area contributed by atoms with Gasteiger partial charge in [0.05, 0.1) is 22.9 Å². The molecule has 1 heterocycles. The average Bonchev–Trinajstić information content (AvgIpc) is 2.78. The Labute approximate surface area is 181 Å². The maximum absolute atomic E-state index is 12.8. The van der Waals surface area contributed by atoms with Crippen LogP contribution in [0.3, 0.4) is 0 Å². The van der Waals surface area contributed by atoms with Crippen molar-refractivity contribution in [3.63, 3.8) is 0 Å². The molecule has 3 aromatic rings. The van der Waals surface area contributed by atoms with E-state index in [0.29, 0.717) is 11.4 Å². The Bertz CT molecular complexity index is 1120. The van der Waals surface area contributed by atoms with E-state index in [0.717, 1.165) is 11.1 Å². The zero-order valence-corrected chi connectivity index (χ0v) is 17.9. The molecule has 0 unspecified atom stereocenters. The van der Waals surface area contributed by atoms with Gasteiger partial charge in [0.1, 0.15) is 12.6 Å². The summed E-state index contributed by atoms with van der Waals surface area (Å²) in [5, 5.41) is 9.20. The molecule has 0 aliphatic heterocycles. The number of aryl methyl sites for hydroxylation is 1. The number of aliphatic hydroxyl groups excluding tert-OH is 1. The Kier molecular flexibility index (Phi) is 7.51. The van der Waals surface area contributed by atoms with Crippen LogP contribution in [0.25, 0.3) is 0 Å². The normalized spacial score (nSPS) is 12.3. The molecule has 1 atom stereocenters. The van der Waals surface area contributed by atoms with Crippen LogP contribution in [0.4, 0.5) is 0 Å². The third-order valence-corrected chi connectivity index (χ3v) is 6.07. The first kappa shape index (κ1) is 22.6. The molecule has 0 spiro atoms. The predicted molar refractivity (Wildman–Crippen MR) is 115 cm³/mol. The summed E-state index contributed by atoms with van der Waals surface area (Å²) in [7, 11) is -3.93. The molecule has 0 aliphatic rings. The van der Waals surface area contributed by atoms with E-state index < -0.39 is 22.0 Å². The molecule has 31 heavy (non-hydrogen) atoms. The predicted octanol–water partition coefficient (Wildman–Crippen LogP) is 2.52. The summed E-state index contributed by atoms with van der Waals surface area (Å²) in [6.45, 7) is 1.50. The van der Waals surface area contributed by atoms with Crippen molar-refractivity contribution in [1.29, 1.82) is 0 Å². The van der Waals surface area contributed by atoms with Gasteiger partial charge in [-0.3, -0.25) is 9.78 Å². The molecule has 2 aromatic carbocycles. The van der Waals surface area contributed by atoms with E-state index in [4.69, 9.17) is 4.74 Å². The van der Waals surface area contributed by atoms with Gasteiger partial charge in [-0.1, -0.05) is 54.1 Å². The van der Waals surface area contributed by atoms with Crippen molar-refractivity contribution in [2.75, 3.05) is 0 Å². The molecule has 0 aliphatic carbocycles. The maximum Gasteiger partial charge on any atom is 0.324 e. The highest BCUT2D eigenvalue weighted by Gasteiger charge is 2.27. The number of rotatable bonds is 9. The Morgan fingerprint density at radius 2 is 1.68 bits per heavy atom. The summed E-state index contributed by atoms with van der Waals surface area (Å²) in [4.78, 5) is 17.1. The number of ether oxygens (including phenoxy) is 1. The molecule has 162 valence electrons. The number of benzene rings is 2. The summed E-state index contributed by atoms with van der Waals surface area (Å²) in [5.41, 5.74) is 2.63. The van der Waals surface area contributed by atoms with Crippen LogP contribution in [-0.2, 0) is 39.2 Å². The molecule has 0 radical (unpaired) electrons. The number of aliphatic hydroxyl groups is 1. The number of nitrogens with zero attached hydrogens (tertiary/aromatic N) is 1. The van der Waals surface area contributed by atoms with Gasteiger partial charge in [-0.2, -0.15) is 4.72 Å². The lowest BCUT2D eigenvalue weighted by Gasteiger charge is -2.18. The topological polar surface area (TPSA) is 106 Å². The van der Waals surface area contributed by atoms with Crippen molar-refractivity contribution in [2.45, 2.75) is 37.5 Å². The lowest BCUT2D eigenvalue weighted by atomic mass is 10.1. The van der Waals surface area contributed by atoms with Crippen molar-refractivity contribution < 1.29 is 23.1 Å². The third-order valence-electron chi connectivity index (χ3n) is 4.58. The van der Waals surface area contributed by atoms with Gasteiger partial charge < -0.3 is 9.84 Å². The number of carbonyl (C=O) groups is 1. The average molecular weight is 441 g/mol. The fourth-order valence-corrected chi connectivity index (χ4v) is 4.12. The molecule has 0 amide bonds. The number of sulfonamides is 1. The molecule has 2 N–H and O–H groups in total. The van der Waals surface area contributed by atoms with Crippen LogP contribution in [0.5, 0.6) is 0 Å². The minimum atomic E-state index is -3.93. The van der Waals surface area contributed by atoms with Gasteiger partial charge in [-0.25, -0.2) is 8.42 Å². The van der Waals surface area contributed by atoms with Gasteiger partial charge in [-0.05, 0) is 43.2 Å². The van der Waals surface area contributed by atoms with Crippen LogP contribution in [0.2, 0.25) is 0 Å². The SMILES string of the molecule is Cc1ccc(S(=O)(=O)N[C@@H](Cc2ccccc2)C(=O)OCc2cccc(CO)n2)cc1. The van der Waals surface area contributed by atoms with Crippen molar-refractivity contribution in [1.82, 2.24) is 9.71 Å². The zero-order chi connectivity index (χ0) is 22.3. The van der Waals surface area contributed by atoms with E-state index in [-0.39, 0.29) is 24.5 Å². The molecule has 3 rings (SSSR count). The van der Waals surface area contributed by atoms with E-state index in [1.165, 1.54) is 12.1 Å². The minimum absolute atomic E-state index is 0.0706. The first-order valence-corrected chi connectivity index (χ1v) is 11.2. The Morgan fingerprint density at radius 1 is 1.00 bits per heavy atom. The Hall–Kier alpha value is -3.07. The van der Waals surface area contributed by atoms with Crippen LogP contribution < -0.4 is 4.72 Å². The molecular formula is C23H24N2O5S. The van der Waals surface area contributed by atoms with Gasteiger partial charge >= 0.3 is 5.97 Å². The number of esters is 1. The highest BCUT2D eigenvalue weighted by Crippen LogP contribution is 2.14. The van der Waals surface area contributed by atoms with Crippen LogP contribution >= 0.6 is 0 Å². The van der Waals surface area contributed by atoms with Crippen molar-refractivity contribution >= 4 is 16.0 Å². The number of hydrogen-bond donors (Lipinski definition) is 2. The first-order valence-electron chi connectivity index (χ1n) is 9.72. The molecule has 0 fully saturated rings. The smallest absolute Gasteiger partial charge is 0.324 e. The van der Waals surface area contributed by atoms with Crippen molar-refractivity contribution in [3.8, 4) is 0 Å². The third kappa shape index (κ3) is 6.45. The summed E-state index contributed by atoms with van der Waals surface area (Å²) in [6, 6.07) is 19.4.